The zero-order valence-corrected chi connectivity index (χ0v) is 14.5. The maximum Gasteiger partial charge on any atom is 0.177 e. The summed E-state index contributed by atoms with van der Waals surface area (Å²) in [7, 11) is 0. The van der Waals surface area contributed by atoms with E-state index in [4.69, 9.17) is 10.5 Å². The van der Waals surface area contributed by atoms with Crippen LogP contribution in [0.25, 0.3) is 0 Å². The molecule has 0 aliphatic carbocycles. The summed E-state index contributed by atoms with van der Waals surface area (Å²) in [6.07, 6.45) is 0.0186. The lowest BCUT2D eigenvalue weighted by molar-refractivity contribution is 0.102. The lowest BCUT2D eigenvalue weighted by atomic mass is 10.3. The first kappa shape index (κ1) is 17.8. The van der Waals surface area contributed by atoms with Crippen molar-refractivity contribution in [3.63, 3.8) is 0 Å². The number of ether oxygens (including phenoxy) is 1. The van der Waals surface area contributed by atoms with Gasteiger partial charge in [0.15, 0.2) is 11.5 Å². The monoisotopic (exact) mass is 313 g/mol. The van der Waals surface area contributed by atoms with Gasteiger partial charge in [-0.25, -0.2) is 0 Å². The fraction of sp³-hybridized carbons (Fsp3) is 0.667. The van der Waals surface area contributed by atoms with Crippen LogP contribution in [0.15, 0.2) is 0 Å². The summed E-state index contributed by atoms with van der Waals surface area (Å²) in [5.74, 6) is 0.586. The van der Waals surface area contributed by atoms with Gasteiger partial charge in [0, 0.05) is 20.0 Å². The van der Waals surface area contributed by atoms with E-state index in [0.29, 0.717) is 16.3 Å². The minimum Gasteiger partial charge on any atom is -0.486 e. The van der Waals surface area contributed by atoms with Crippen molar-refractivity contribution >= 4 is 27.8 Å². The molecule has 0 radical (unpaired) electrons. The Hall–Kier alpha value is -1.27. The highest BCUT2D eigenvalue weighted by molar-refractivity contribution is 7.19. The van der Waals surface area contributed by atoms with Crippen LogP contribution in [-0.2, 0) is 0 Å². The van der Waals surface area contributed by atoms with E-state index in [1.165, 1.54) is 18.3 Å². The molecule has 0 aliphatic heterocycles. The molecule has 5 nitrogen and oxygen atoms in total. The molecule has 1 aromatic heterocycles. The Balaban J connectivity index is 2.84. The maximum absolute atomic E-state index is 11.6. The van der Waals surface area contributed by atoms with Gasteiger partial charge >= 0.3 is 0 Å². The standard InChI is InChI=1S/C15H27N3O2S/c1-6-18(7-2)9-8-17-15-13(20-10(3)4)12(16)14(21-15)11(5)19/h10,17H,6-9,16H2,1-5H3. The molecule has 0 aromatic carbocycles. The van der Waals surface area contributed by atoms with Crippen LogP contribution >= 0.6 is 11.3 Å². The molecule has 0 saturated heterocycles. The number of thiophene rings is 1. The van der Waals surface area contributed by atoms with E-state index in [2.05, 4.69) is 24.1 Å². The van der Waals surface area contributed by atoms with E-state index in [0.717, 1.165) is 31.2 Å². The third-order valence-corrected chi connectivity index (χ3v) is 4.43. The number of nitrogens with one attached hydrogen (secondary N) is 1. The van der Waals surface area contributed by atoms with Crippen LogP contribution in [0.5, 0.6) is 5.75 Å². The number of nitrogens with zero attached hydrogens (tertiary/aromatic N) is 1. The minimum absolute atomic E-state index is 0.0186. The molecule has 1 aromatic rings. The van der Waals surface area contributed by atoms with Crippen LogP contribution in [0.2, 0.25) is 0 Å². The van der Waals surface area contributed by atoms with E-state index in [1.54, 1.807) is 0 Å². The van der Waals surface area contributed by atoms with Crippen molar-refractivity contribution in [2.24, 2.45) is 0 Å². The predicted molar refractivity (Wildman–Crippen MR) is 90.8 cm³/mol. The van der Waals surface area contributed by atoms with Gasteiger partial charge in [0.05, 0.1) is 16.7 Å². The molecular formula is C15H27N3O2S. The molecule has 120 valence electrons. The molecular weight excluding hydrogens is 286 g/mol. The fourth-order valence-electron chi connectivity index (χ4n) is 2.03. The number of anilines is 2. The summed E-state index contributed by atoms with van der Waals surface area (Å²) in [5.41, 5.74) is 6.50. The van der Waals surface area contributed by atoms with E-state index in [1.807, 2.05) is 13.8 Å². The minimum atomic E-state index is -0.0251. The van der Waals surface area contributed by atoms with E-state index < -0.39 is 0 Å². The second kappa shape index (κ2) is 8.24. The molecule has 21 heavy (non-hydrogen) atoms. The lowest BCUT2D eigenvalue weighted by Crippen LogP contribution is -2.28. The molecule has 0 fully saturated rings. The van der Waals surface area contributed by atoms with Gasteiger partial charge in [-0.05, 0) is 26.9 Å². The number of ketones is 1. The molecule has 1 heterocycles. The van der Waals surface area contributed by atoms with Crippen LogP contribution in [-0.4, -0.2) is 43.0 Å². The number of nitrogen functional groups attached to an aromatic ring is 1. The number of rotatable bonds is 9. The van der Waals surface area contributed by atoms with Crippen molar-refractivity contribution < 1.29 is 9.53 Å². The average molecular weight is 313 g/mol. The first-order chi connectivity index (χ1) is 9.90. The summed E-state index contributed by atoms with van der Waals surface area (Å²) in [4.78, 5) is 14.5. The number of likely N-dealkylation sites (N-methyl/N-ethyl adjacent to an activating group) is 1. The quantitative estimate of drug-likeness (QED) is 0.686. The smallest absolute Gasteiger partial charge is 0.177 e. The van der Waals surface area contributed by atoms with Gasteiger partial charge in [-0.15, -0.1) is 11.3 Å². The Morgan fingerprint density at radius 3 is 2.48 bits per heavy atom. The Kier molecular flexibility index (Phi) is 6.98. The van der Waals surface area contributed by atoms with Gasteiger partial charge in [-0.2, -0.15) is 0 Å². The zero-order valence-electron chi connectivity index (χ0n) is 13.7. The van der Waals surface area contributed by atoms with Gasteiger partial charge in [-0.1, -0.05) is 13.8 Å². The highest BCUT2D eigenvalue weighted by Crippen LogP contribution is 2.43. The summed E-state index contributed by atoms with van der Waals surface area (Å²) in [6.45, 7) is 13.5. The highest BCUT2D eigenvalue weighted by atomic mass is 32.1. The number of hydrogen-bond donors (Lipinski definition) is 2. The van der Waals surface area contributed by atoms with Crippen LogP contribution < -0.4 is 15.8 Å². The zero-order chi connectivity index (χ0) is 16.0. The first-order valence-corrected chi connectivity index (χ1v) is 8.28. The molecule has 0 spiro atoms. The van der Waals surface area contributed by atoms with E-state index in [-0.39, 0.29) is 11.9 Å². The lowest BCUT2D eigenvalue weighted by Gasteiger charge is -2.18. The normalized spacial score (nSPS) is 11.2. The van der Waals surface area contributed by atoms with Gasteiger partial charge < -0.3 is 20.7 Å². The number of Topliss-reactive ketones (excluding diaryl/α,β-unsaturated/α-hetero) is 1. The molecule has 0 amide bonds. The molecule has 6 heteroatoms. The van der Waals surface area contributed by atoms with Crippen molar-refractivity contribution in [3.8, 4) is 5.75 Å². The SMILES string of the molecule is CCN(CC)CCNc1sc(C(C)=O)c(N)c1OC(C)C. The Bertz CT molecular complexity index is 468. The summed E-state index contributed by atoms with van der Waals surface area (Å²) >= 11 is 1.37. The fourth-order valence-corrected chi connectivity index (χ4v) is 3.00. The highest BCUT2D eigenvalue weighted by Gasteiger charge is 2.20. The van der Waals surface area contributed by atoms with Crippen molar-refractivity contribution in [1.29, 1.82) is 0 Å². The van der Waals surface area contributed by atoms with Crippen molar-refractivity contribution in [2.45, 2.75) is 40.7 Å². The molecule has 0 atom stereocenters. The van der Waals surface area contributed by atoms with Crippen LogP contribution in [0.1, 0.15) is 44.3 Å². The molecule has 1 rings (SSSR count). The van der Waals surface area contributed by atoms with Crippen molar-refractivity contribution in [2.75, 3.05) is 37.2 Å². The van der Waals surface area contributed by atoms with Gasteiger partial charge in [0.2, 0.25) is 0 Å². The summed E-state index contributed by atoms with van der Waals surface area (Å²) in [6, 6.07) is 0. The summed E-state index contributed by atoms with van der Waals surface area (Å²) < 4.78 is 5.77. The average Bonchev–Trinajstić information content (AvgIpc) is 2.72. The molecule has 0 bridgehead atoms. The third kappa shape index (κ3) is 4.89. The van der Waals surface area contributed by atoms with Crippen LogP contribution in [0.4, 0.5) is 10.7 Å². The van der Waals surface area contributed by atoms with Gasteiger partial charge in [-0.3, -0.25) is 4.79 Å². The number of hydrogen-bond acceptors (Lipinski definition) is 6. The van der Waals surface area contributed by atoms with Crippen molar-refractivity contribution in [3.05, 3.63) is 4.88 Å². The third-order valence-electron chi connectivity index (χ3n) is 3.18. The van der Waals surface area contributed by atoms with Crippen LogP contribution in [0.3, 0.4) is 0 Å². The molecule has 0 aliphatic rings. The van der Waals surface area contributed by atoms with Gasteiger partial charge in [0.25, 0.3) is 0 Å². The predicted octanol–water partition coefficient (Wildman–Crippen LogP) is 3.07. The van der Waals surface area contributed by atoms with Crippen LogP contribution in [0, 0.1) is 0 Å². The van der Waals surface area contributed by atoms with E-state index >= 15 is 0 Å². The second-order valence-corrected chi connectivity index (χ2v) is 6.20. The second-order valence-electron chi connectivity index (χ2n) is 5.18. The Morgan fingerprint density at radius 1 is 1.38 bits per heavy atom. The Labute approximate surface area is 131 Å². The van der Waals surface area contributed by atoms with E-state index in [9.17, 15) is 4.79 Å². The Morgan fingerprint density at radius 2 is 2.00 bits per heavy atom. The number of carbonyl (C=O) groups is 1. The molecule has 0 unspecified atom stereocenters. The van der Waals surface area contributed by atoms with Crippen molar-refractivity contribution in [1.82, 2.24) is 4.90 Å². The molecule has 0 saturated carbocycles. The molecule has 3 N–H and O–H groups in total. The number of nitrogens with two attached hydrogens (primary N) is 1. The van der Waals surface area contributed by atoms with Gasteiger partial charge in [0.1, 0.15) is 5.00 Å². The summed E-state index contributed by atoms with van der Waals surface area (Å²) in [5, 5.41) is 4.20. The topological polar surface area (TPSA) is 67.6 Å². The first-order valence-electron chi connectivity index (χ1n) is 7.46. The largest absolute Gasteiger partial charge is 0.486 e. The maximum atomic E-state index is 11.6. The number of carbonyl (C=O) groups excluding carboxylic acids is 1.